The molecule has 78 valence electrons. The van der Waals surface area contributed by atoms with Crippen LogP contribution in [0.15, 0.2) is 18.2 Å². The second-order valence-electron chi connectivity index (χ2n) is 3.34. The van der Waals surface area contributed by atoms with E-state index in [2.05, 4.69) is 36.6 Å². The first-order valence-corrected chi connectivity index (χ1v) is 5.54. The van der Waals surface area contributed by atoms with Crippen LogP contribution in [0.4, 0.5) is 11.4 Å². The van der Waals surface area contributed by atoms with Crippen molar-refractivity contribution < 1.29 is 0 Å². The van der Waals surface area contributed by atoms with Gasteiger partial charge in [0.1, 0.15) is 0 Å². The molecule has 2 N–H and O–H groups in total. The van der Waals surface area contributed by atoms with Crippen molar-refractivity contribution >= 4 is 24.0 Å². The molecule has 0 saturated carbocycles. The van der Waals surface area contributed by atoms with E-state index in [4.69, 9.17) is 5.73 Å². The quantitative estimate of drug-likeness (QED) is 0.590. The van der Waals surface area contributed by atoms with E-state index in [0.29, 0.717) is 0 Å². The van der Waals surface area contributed by atoms with Gasteiger partial charge in [0.15, 0.2) is 0 Å². The van der Waals surface area contributed by atoms with E-state index in [0.717, 1.165) is 30.1 Å². The fourth-order valence-corrected chi connectivity index (χ4v) is 1.69. The van der Waals surface area contributed by atoms with Crippen LogP contribution in [0, 0.1) is 6.92 Å². The van der Waals surface area contributed by atoms with Gasteiger partial charge < -0.3 is 10.6 Å². The first-order chi connectivity index (χ1) is 6.69. The zero-order valence-electron chi connectivity index (χ0n) is 8.83. The second-order valence-corrected chi connectivity index (χ2v) is 3.79. The molecule has 2 nitrogen and oxygen atoms in total. The molecule has 0 aromatic heterocycles. The molecule has 0 unspecified atom stereocenters. The highest BCUT2D eigenvalue weighted by atomic mass is 32.1. The minimum Gasteiger partial charge on any atom is -0.399 e. The average Bonchev–Trinajstić information content (AvgIpc) is 2.19. The van der Waals surface area contributed by atoms with E-state index in [1.807, 2.05) is 13.0 Å². The van der Waals surface area contributed by atoms with Crippen molar-refractivity contribution in [2.24, 2.45) is 0 Å². The van der Waals surface area contributed by atoms with E-state index >= 15 is 0 Å². The van der Waals surface area contributed by atoms with E-state index in [1.165, 1.54) is 5.69 Å². The average molecular weight is 210 g/mol. The Bertz CT molecular complexity index is 299. The molecule has 3 heteroatoms. The van der Waals surface area contributed by atoms with Gasteiger partial charge in [-0.2, -0.15) is 12.6 Å². The van der Waals surface area contributed by atoms with Crippen LogP contribution >= 0.6 is 12.6 Å². The minimum atomic E-state index is 0.857. The fourth-order valence-electron chi connectivity index (χ4n) is 1.45. The molecule has 0 saturated heterocycles. The molecule has 0 amide bonds. The Hall–Kier alpha value is -0.830. The SMILES string of the molecule is CCN(CCS)c1ccc(N)c(C)c1. The number of benzene rings is 1. The number of anilines is 2. The molecular weight excluding hydrogens is 192 g/mol. The Balaban J connectivity index is 2.88. The summed E-state index contributed by atoms with van der Waals surface area (Å²) in [6.45, 7) is 6.16. The van der Waals surface area contributed by atoms with Gasteiger partial charge in [-0.3, -0.25) is 0 Å². The van der Waals surface area contributed by atoms with E-state index < -0.39 is 0 Å². The largest absolute Gasteiger partial charge is 0.399 e. The van der Waals surface area contributed by atoms with Crippen molar-refractivity contribution in [1.82, 2.24) is 0 Å². The topological polar surface area (TPSA) is 29.3 Å². The first kappa shape index (κ1) is 11.2. The molecule has 1 aromatic carbocycles. The Morgan fingerprint density at radius 1 is 1.43 bits per heavy atom. The molecule has 0 aliphatic heterocycles. The van der Waals surface area contributed by atoms with Gasteiger partial charge >= 0.3 is 0 Å². The third-order valence-corrected chi connectivity index (χ3v) is 2.57. The Kier molecular flexibility index (Phi) is 4.14. The Labute approximate surface area is 91.5 Å². The second kappa shape index (κ2) is 5.15. The van der Waals surface area contributed by atoms with Crippen LogP contribution < -0.4 is 10.6 Å². The number of nitrogen functional groups attached to an aromatic ring is 1. The third kappa shape index (κ3) is 2.58. The number of hydrogen-bond acceptors (Lipinski definition) is 3. The summed E-state index contributed by atoms with van der Waals surface area (Å²) in [5.41, 5.74) is 9.00. The van der Waals surface area contributed by atoms with Gasteiger partial charge in [-0.15, -0.1) is 0 Å². The number of hydrogen-bond donors (Lipinski definition) is 2. The van der Waals surface area contributed by atoms with Crippen molar-refractivity contribution in [3.05, 3.63) is 23.8 Å². The summed E-state index contributed by atoms with van der Waals surface area (Å²) in [5.74, 6) is 0.872. The maximum Gasteiger partial charge on any atom is 0.0370 e. The summed E-state index contributed by atoms with van der Waals surface area (Å²) >= 11 is 4.24. The van der Waals surface area contributed by atoms with Crippen LogP contribution in [-0.2, 0) is 0 Å². The zero-order valence-corrected chi connectivity index (χ0v) is 9.72. The van der Waals surface area contributed by atoms with Gasteiger partial charge in [0.25, 0.3) is 0 Å². The smallest absolute Gasteiger partial charge is 0.0370 e. The van der Waals surface area contributed by atoms with Gasteiger partial charge in [0.05, 0.1) is 0 Å². The third-order valence-electron chi connectivity index (χ3n) is 2.37. The van der Waals surface area contributed by atoms with Gasteiger partial charge in [0.2, 0.25) is 0 Å². The van der Waals surface area contributed by atoms with Crippen LogP contribution in [0.5, 0.6) is 0 Å². The van der Waals surface area contributed by atoms with Gasteiger partial charge in [-0.05, 0) is 37.6 Å². The summed E-state index contributed by atoms with van der Waals surface area (Å²) in [5, 5.41) is 0. The van der Waals surface area contributed by atoms with Crippen LogP contribution in [0.2, 0.25) is 0 Å². The summed E-state index contributed by atoms with van der Waals surface area (Å²) in [6, 6.07) is 6.16. The van der Waals surface area contributed by atoms with Crippen LogP contribution in [0.3, 0.4) is 0 Å². The molecule has 0 radical (unpaired) electrons. The number of nitrogens with two attached hydrogens (primary N) is 1. The number of aryl methyl sites for hydroxylation is 1. The fraction of sp³-hybridized carbons (Fsp3) is 0.455. The predicted octanol–water partition coefficient (Wildman–Crippen LogP) is 2.33. The molecule has 0 atom stereocenters. The normalized spacial score (nSPS) is 10.2. The maximum absolute atomic E-state index is 5.77. The summed E-state index contributed by atoms with van der Waals surface area (Å²) in [7, 11) is 0. The summed E-state index contributed by atoms with van der Waals surface area (Å²) in [4.78, 5) is 2.29. The van der Waals surface area contributed by atoms with Gasteiger partial charge in [-0.25, -0.2) is 0 Å². The van der Waals surface area contributed by atoms with E-state index in [9.17, 15) is 0 Å². The highest BCUT2D eigenvalue weighted by Gasteiger charge is 2.03. The molecule has 1 rings (SSSR count). The molecule has 0 aliphatic rings. The lowest BCUT2D eigenvalue weighted by Crippen LogP contribution is -2.24. The molecule has 0 aliphatic carbocycles. The highest BCUT2D eigenvalue weighted by Crippen LogP contribution is 2.20. The zero-order chi connectivity index (χ0) is 10.6. The lowest BCUT2D eigenvalue weighted by molar-refractivity contribution is 0.873. The molecule has 1 aromatic rings. The van der Waals surface area contributed by atoms with Crippen LogP contribution in [0.1, 0.15) is 12.5 Å². The molecule has 0 heterocycles. The lowest BCUT2D eigenvalue weighted by Gasteiger charge is -2.22. The van der Waals surface area contributed by atoms with Crippen molar-refractivity contribution in [3.8, 4) is 0 Å². The Morgan fingerprint density at radius 3 is 2.64 bits per heavy atom. The van der Waals surface area contributed by atoms with E-state index in [-0.39, 0.29) is 0 Å². The molecular formula is C11H18N2S. The van der Waals surface area contributed by atoms with Crippen molar-refractivity contribution in [2.45, 2.75) is 13.8 Å². The van der Waals surface area contributed by atoms with Crippen molar-refractivity contribution in [1.29, 1.82) is 0 Å². The molecule has 0 bridgehead atoms. The van der Waals surface area contributed by atoms with Crippen LogP contribution in [0.25, 0.3) is 0 Å². The minimum absolute atomic E-state index is 0.857. The number of thiol groups is 1. The lowest BCUT2D eigenvalue weighted by atomic mass is 10.1. The molecule has 0 spiro atoms. The van der Waals surface area contributed by atoms with Crippen molar-refractivity contribution in [3.63, 3.8) is 0 Å². The standard InChI is InChI=1S/C11H18N2S/c1-3-13(6-7-14)10-4-5-11(12)9(2)8-10/h4-5,8,14H,3,6-7,12H2,1-2H3. The Morgan fingerprint density at radius 2 is 2.14 bits per heavy atom. The van der Waals surface area contributed by atoms with Crippen LogP contribution in [-0.4, -0.2) is 18.8 Å². The molecule has 0 fully saturated rings. The highest BCUT2D eigenvalue weighted by molar-refractivity contribution is 7.80. The predicted molar refractivity (Wildman–Crippen MR) is 67.3 cm³/mol. The van der Waals surface area contributed by atoms with Gasteiger partial charge in [0, 0.05) is 30.2 Å². The maximum atomic E-state index is 5.77. The van der Waals surface area contributed by atoms with Crippen molar-refractivity contribution in [2.75, 3.05) is 29.5 Å². The number of nitrogens with zero attached hydrogens (tertiary/aromatic N) is 1. The summed E-state index contributed by atoms with van der Waals surface area (Å²) in [6.07, 6.45) is 0. The monoisotopic (exact) mass is 210 g/mol. The van der Waals surface area contributed by atoms with E-state index in [1.54, 1.807) is 0 Å². The number of rotatable bonds is 4. The van der Waals surface area contributed by atoms with Gasteiger partial charge in [-0.1, -0.05) is 0 Å². The molecule has 14 heavy (non-hydrogen) atoms. The first-order valence-electron chi connectivity index (χ1n) is 4.91. The summed E-state index contributed by atoms with van der Waals surface area (Å²) < 4.78 is 0.